The Balaban J connectivity index is 1.36. The fourth-order valence-electron chi connectivity index (χ4n) is 6.25. The van der Waals surface area contributed by atoms with Gasteiger partial charge in [-0.1, -0.05) is 39.0 Å². The Kier molecular flexibility index (Phi) is 12.1. The van der Waals surface area contributed by atoms with Crippen LogP contribution < -0.4 is 9.62 Å². The molecule has 4 aromatic rings. The number of aliphatic hydroxyl groups is 1. The van der Waals surface area contributed by atoms with Crippen LogP contribution in [0.2, 0.25) is 0 Å². The minimum absolute atomic E-state index is 0.00130. The molecule has 3 aromatic carbocycles. The van der Waals surface area contributed by atoms with Crippen LogP contribution in [0.3, 0.4) is 0 Å². The van der Waals surface area contributed by atoms with Crippen LogP contribution in [0, 0.1) is 11.2 Å². The third kappa shape index (κ3) is 9.55. The van der Waals surface area contributed by atoms with Gasteiger partial charge in [0, 0.05) is 48.0 Å². The molecule has 290 valence electrons. The fourth-order valence-corrected chi connectivity index (χ4v) is 7.14. The Morgan fingerprint density at radius 1 is 1.04 bits per heavy atom. The second kappa shape index (κ2) is 16.4. The number of benzene rings is 3. The van der Waals surface area contributed by atoms with Crippen molar-refractivity contribution in [3.05, 3.63) is 94.8 Å². The molecular formula is C41H43FN2O10S. The van der Waals surface area contributed by atoms with Crippen molar-refractivity contribution in [3.8, 4) is 11.3 Å². The molecule has 1 saturated carbocycles. The molecule has 0 atom stereocenters. The van der Waals surface area contributed by atoms with Crippen LogP contribution in [0.4, 0.5) is 10.1 Å². The number of fused-ring (bicyclic) bond motifs is 1. The smallest absolute Gasteiger partial charge is 0.379 e. The third-order valence-electron chi connectivity index (χ3n) is 9.22. The zero-order valence-electron chi connectivity index (χ0n) is 31.2. The number of amides is 1. The molecule has 1 amide bonds. The molecule has 1 heterocycles. The minimum atomic E-state index is -4.05. The molecule has 0 radical (unpaired) electrons. The minimum Gasteiger partial charge on any atom is -0.507 e. The van der Waals surface area contributed by atoms with Crippen molar-refractivity contribution < 1.29 is 51.0 Å². The molecule has 5 rings (SSSR count). The Labute approximate surface area is 318 Å². The first kappa shape index (κ1) is 40.6. The van der Waals surface area contributed by atoms with E-state index < -0.39 is 57.0 Å². The monoisotopic (exact) mass is 774 g/mol. The highest BCUT2D eigenvalue weighted by Gasteiger charge is 2.36. The number of esters is 1. The molecule has 2 N–H and O–H groups in total. The number of nitrogens with one attached hydrogen (secondary N) is 1. The Morgan fingerprint density at radius 2 is 1.73 bits per heavy atom. The topological polar surface area (TPSA) is 177 Å². The number of nitrogens with zero attached hydrogens (tertiary/aromatic N) is 1. The number of anilines is 1. The van der Waals surface area contributed by atoms with E-state index in [1.807, 2.05) is 0 Å². The Morgan fingerprint density at radius 3 is 2.35 bits per heavy atom. The van der Waals surface area contributed by atoms with Gasteiger partial charge < -0.3 is 19.6 Å². The van der Waals surface area contributed by atoms with Crippen molar-refractivity contribution in [2.24, 2.45) is 5.41 Å². The molecule has 0 spiro atoms. The first-order chi connectivity index (χ1) is 25.9. The molecule has 0 aliphatic heterocycles. The van der Waals surface area contributed by atoms with E-state index >= 15 is 0 Å². The van der Waals surface area contributed by atoms with E-state index in [9.17, 15) is 41.9 Å². The molecule has 1 aliphatic carbocycles. The molecule has 0 bridgehead atoms. The van der Waals surface area contributed by atoms with Gasteiger partial charge in [-0.3, -0.25) is 23.5 Å². The average molecular weight is 775 g/mol. The van der Waals surface area contributed by atoms with Gasteiger partial charge in [0.15, 0.2) is 11.6 Å². The van der Waals surface area contributed by atoms with Crippen LogP contribution in [0.1, 0.15) is 86.3 Å². The summed E-state index contributed by atoms with van der Waals surface area (Å²) in [5.74, 6) is -4.05. The molecule has 1 aromatic heterocycles. The highest BCUT2D eigenvalue weighted by atomic mass is 32.2. The van der Waals surface area contributed by atoms with E-state index in [1.54, 1.807) is 45.9 Å². The zero-order chi connectivity index (χ0) is 40.2. The van der Waals surface area contributed by atoms with E-state index in [0.717, 1.165) is 29.5 Å². The number of sulfonamides is 1. The highest BCUT2D eigenvalue weighted by Crippen LogP contribution is 2.48. The predicted molar refractivity (Wildman–Crippen MR) is 204 cm³/mol. The number of rotatable bonds is 17. The number of ketones is 3. The molecule has 0 unspecified atom stereocenters. The molecule has 14 heteroatoms. The maximum Gasteiger partial charge on any atom is 0.379 e. The largest absolute Gasteiger partial charge is 0.507 e. The lowest BCUT2D eigenvalue weighted by molar-refractivity contribution is -0.151. The number of ether oxygens (including phenoxy) is 1. The normalized spacial score (nSPS) is 13.4. The van der Waals surface area contributed by atoms with Gasteiger partial charge in [0.05, 0.1) is 36.1 Å². The van der Waals surface area contributed by atoms with Crippen LogP contribution in [0.25, 0.3) is 28.1 Å². The molecule has 55 heavy (non-hydrogen) atoms. The quantitative estimate of drug-likeness (QED) is 0.0381. The maximum absolute atomic E-state index is 13.8. The maximum atomic E-state index is 13.8. The van der Waals surface area contributed by atoms with Crippen LogP contribution in [0.15, 0.2) is 71.2 Å². The van der Waals surface area contributed by atoms with Crippen molar-refractivity contribution in [2.75, 3.05) is 23.7 Å². The van der Waals surface area contributed by atoms with Gasteiger partial charge in [0.2, 0.25) is 15.9 Å². The summed E-state index contributed by atoms with van der Waals surface area (Å²) in [6, 6.07) is 15.1. The molecule has 0 saturated heterocycles. The summed E-state index contributed by atoms with van der Waals surface area (Å²) in [6.07, 6.45) is 3.16. The molecular weight excluding hydrogens is 732 g/mol. The van der Waals surface area contributed by atoms with Gasteiger partial charge in [-0.2, -0.15) is 0 Å². The summed E-state index contributed by atoms with van der Waals surface area (Å²) in [7, 11) is -4.05. The molecule has 1 fully saturated rings. The lowest BCUT2D eigenvalue weighted by Crippen LogP contribution is -2.41. The molecule has 12 nitrogen and oxygen atoms in total. The van der Waals surface area contributed by atoms with Crippen molar-refractivity contribution in [1.29, 1.82) is 0 Å². The van der Waals surface area contributed by atoms with Crippen molar-refractivity contribution >= 4 is 61.7 Å². The van der Waals surface area contributed by atoms with Gasteiger partial charge in [-0.05, 0) is 73.2 Å². The third-order valence-corrected chi connectivity index (χ3v) is 10.4. The number of halogens is 1. The summed E-state index contributed by atoms with van der Waals surface area (Å²) < 4.78 is 52.3. The summed E-state index contributed by atoms with van der Waals surface area (Å²) in [5.41, 5.74) is 1.41. The van der Waals surface area contributed by atoms with Crippen molar-refractivity contribution in [1.82, 2.24) is 5.32 Å². The second-order valence-electron chi connectivity index (χ2n) is 14.1. The molecule has 1 aliphatic rings. The fraction of sp³-hybridized carbons (Fsp3) is 0.341. The number of furan rings is 1. The highest BCUT2D eigenvalue weighted by molar-refractivity contribution is 7.92. The number of carbonyl (C=O) groups excluding carboxylic acids is 5. The second-order valence-corrected chi connectivity index (χ2v) is 16.0. The number of hydrogen-bond acceptors (Lipinski definition) is 10. The summed E-state index contributed by atoms with van der Waals surface area (Å²) in [4.78, 5) is 63.9. The van der Waals surface area contributed by atoms with Gasteiger partial charge in [0.25, 0.3) is 5.78 Å². The van der Waals surface area contributed by atoms with Crippen molar-refractivity contribution in [2.45, 2.75) is 65.8 Å². The first-order valence-electron chi connectivity index (χ1n) is 17.8. The average Bonchev–Trinajstić information content (AvgIpc) is 3.92. The number of carbonyl (C=O) groups is 5. The zero-order valence-corrected chi connectivity index (χ0v) is 32.0. The van der Waals surface area contributed by atoms with Crippen LogP contribution in [-0.2, 0) is 40.5 Å². The van der Waals surface area contributed by atoms with Crippen LogP contribution in [-0.4, -0.2) is 62.2 Å². The lowest BCUT2D eigenvalue weighted by atomic mass is 9.86. The number of aliphatic hydroxyl groups excluding tert-OH is 1. The summed E-state index contributed by atoms with van der Waals surface area (Å²) >= 11 is 0. The van der Waals surface area contributed by atoms with Gasteiger partial charge in [0.1, 0.15) is 22.9 Å². The van der Waals surface area contributed by atoms with Crippen LogP contribution >= 0.6 is 0 Å². The van der Waals surface area contributed by atoms with E-state index in [-0.39, 0.29) is 60.3 Å². The van der Waals surface area contributed by atoms with E-state index in [1.165, 1.54) is 42.5 Å². The van der Waals surface area contributed by atoms with Gasteiger partial charge in [-0.15, -0.1) is 0 Å². The Hall–Kier alpha value is -5.63. The summed E-state index contributed by atoms with van der Waals surface area (Å²) in [5, 5.41) is 13.6. The predicted octanol–water partition coefficient (Wildman–Crippen LogP) is 6.81. The van der Waals surface area contributed by atoms with Crippen molar-refractivity contribution in [3.63, 3.8) is 0 Å². The SMILES string of the molecule is CCOC(=O)C(=O)C=C(O)c1cccc(CNC(=O)C(C)(C)CC(=O)CN(c2cc3oc(-c4ccc(F)cc4)c(C(=O)CC)c3cc2C2CC2)S(C)(=O)=O)c1. The van der Waals surface area contributed by atoms with E-state index in [0.29, 0.717) is 27.6 Å². The Bertz CT molecular complexity index is 2300. The standard InChI is InChI=1S/C41H43FN2O10S/c1-6-33(46)37-31-18-30(25-11-12-25)32(19-36(31)54-38(37)26-13-15-28(42)16-14-26)44(55(5,51)52)23-29(45)21-41(3,4)40(50)43-22-24-9-8-10-27(17-24)34(47)20-35(48)39(49)53-7-2/h8-10,13-20,25,47H,6-7,11-12,21-23H2,1-5H3,(H,43,50). The first-order valence-corrected chi connectivity index (χ1v) is 19.7. The number of hydrogen-bond donors (Lipinski definition) is 2. The van der Waals surface area contributed by atoms with Gasteiger partial charge in [-0.25, -0.2) is 17.6 Å². The van der Waals surface area contributed by atoms with E-state index in [2.05, 4.69) is 10.1 Å². The van der Waals surface area contributed by atoms with Gasteiger partial charge >= 0.3 is 5.97 Å². The summed E-state index contributed by atoms with van der Waals surface area (Å²) in [6.45, 7) is 5.81. The number of Topliss-reactive ketones (excluding diaryl/α,β-unsaturated/α-hetero) is 2. The lowest BCUT2D eigenvalue weighted by Gasteiger charge is -2.27. The van der Waals surface area contributed by atoms with Crippen LogP contribution in [0.5, 0.6) is 0 Å². The van der Waals surface area contributed by atoms with E-state index in [4.69, 9.17) is 4.42 Å².